The van der Waals surface area contributed by atoms with Gasteiger partial charge in [-0.15, -0.1) is 0 Å². The van der Waals surface area contributed by atoms with Crippen LogP contribution in [0.1, 0.15) is 56.3 Å². The van der Waals surface area contributed by atoms with E-state index in [1.54, 1.807) is 0 Å². The molecule has 1 fully saturated rings. The molecule has 1 aliphatic rings. The van der Waals surface area contributed by atoms with Crippen LogP contribution in [-0.2, 0) is 0 Å². The van der Waals surface area contributed by atoms with Gasteiger partial charge < -0.3 is 0 Å². The van der Waals surface area contributed by atoms with Crippen LogP contribution in [0.5, 0.6) is 0 Å². The summed E-state index contributed by atoms with van der Waals surface area (Å²) in [4.78, 5) is 13.9. The number of carbonyl (C=O) groups is 1. The fourth-order valence-electron chi connectivity index (χ4n) is 2.32. The maximum absolute atomic E-state index is 12.3. The Morgan fingerprint density at radius 2 is 2.10 bits per heavy atom. The van der Waals surface area contributed by atoms with Crippen molar-refractivity contribution >= 4 is 5.78 Å². The summed E-state index contributed by atoms with van der Waals surface area (Å²) in [6.07, 6.45) is 7.44. The number of hydrogen-bond acceptors (Lipinski definition) is 3. The number of nitriles is 1. The molecule has 0 N–H and O–H groups in total. The van der Waals surface area contributed by atoms with Crippen LogP contribution in [0.25, 0.3) is 0 Å². The largest absolute Gasteiger partial charge is 0.295 e. The molecule has 1 aromatic rings. The first-order chi connectivity index (χ1) is 9.56. The molecule has 20 heavy (non-hydrogen) atoms. The molecule has 0 aromatic carbocycles. The smallest absolute Gasteiger partial charge is 0.213 e. The number of carbonyl (C=O) groups excluding carboxylic acids is 1. The molecule has 0 radical (unpaired) electrons. The molecule has 0 aliphatic heterocycles. The molecule has 3 nitrogen and oxygen atoms in total. The number of Topliss-reactive ketones (excluding diaryl/α,β-unsaturated/α-hetero) is 1. The lowest BCUT2D eigenvalue weighted by Crippen LogP contribution is -2.12. The molecule has 0 amide bonds. The Balaban J connectivity index is 0.000000200. The van der Waals surface area contributed by atoms with Gasteiger partial charge in [0.05, 0.1) is 6.07 Å². The van der Waals surface area contributed by atoms with Gasteiger partial charge in [-0.1, -0.05) is 13.3 Å². The second kappa shape index (κ2) is 8.42. The second-order valence-electron chi connectivity index (χ2n) is 5.18. The Morgan fingerprint density at radius 3 is 2.50 bits per heavy atom. The van der Waals surface area contributed by atoms with Gasteiger partial charge in [0.2, 0.25) is 5.95 Å². The van der Waals surface area contributed by atoms with E-state index in [1.807, 2.05) is 0 Å². The van der Waals surface area contributed by atoms with E-state index in [0.717, 1.165) is 24.8 Å². The van der Waals surface area contributed by atoms with Gasteiger partial charge in [0.1, 0.15) is 0 Å². The number of halogens is 1. The third kappa shape index (κ3) is 5.48. The molecule has 4 heteroatoms. The Morgan fingerprint density at radius 1 is 1.45 bits per heavy atom. The first-order valence-corrected chi connectivity index (χ1v) is 7.08. The summed E-state index contributed by atoms with van der Waals surface area (Å²) in [5.41, 5.74) is 0.354. The SMILES string of the molecule is CC(=O)c1ccnc(F)c1.CCC1CCC(C#N)CC1. The highest BCUT2D eigenvalue weighted by atomic mass is 19.1. The summed E-state index contributed by atoms with van der Waals surface area (Å²) in [6.45, 7) is 3.63. The molecule has 1 saturated carbocycles. The van der Waals surface area contributed by atoms with Crippen LogP contribution < -0.4 is 0 Å². The molecule has 0 unspecified atom stereocenters. The lowest BCUT2D eigenvalue weighted by atomic mass is 9.82. The Hall–Kier alpha value is -1.76. The molecule has 0 saturated heterocycles. The zero-order chi connectivity index (χ0) is 15.0. The van der Waals surface area contributed by atoms with Crippen molar-refractivity contribution in [2.45, 2.75) is 46.0 Å². The van der Waals surface area contributed by atoms with E-state index in [-0.39, 0.29) is 5.78 Å². The van der Waals surface area contributed by atoms with Gasteiger partial charge >= 0.3 is 0 Å². The minimum Gasteiger partial charge on any atom is -0.295 e. The predicted octanol–water partition coefficient (Wildman–Crippen LogP) is 4.15. The van der Waals surface area contributed by atoms with Crippen molar-refractivity contribution in [1.82, 2.24) is 4.98 Å². The molecule has 0 atom stereocenters. The third-order valence-electron chi connectivity index (χ3n) is 3.74. The molecule has 108 valence electrons. The van der Waals surface area contributed by atoms with Crippen molar-refractivity contribution in [3.63, 3.8) is 0 Å². The van der Waals surface area contributed by atoms with Crippen LogP contribution >= 0.6 is 0 Å². The summed E-state index contributed by atoms with van der Waals surface area (Å²) < 4.78 is 12.3. The number of pyridine rings is 1. The lowest BCUT2D eigenvalue weighted by molar-refractivity contribution is 0.101. The van der Waals surface area contributed by atoms with Crippen LogP contribution in [0.4, 0.5) is 4.39 Å². The number of nitrogens with zero attached hydrogens (tertiary/aromatic N) is 2. The molecule has 1 heterocycles. The number of hydrogen-bond donors (Lipinski definition) is 0. The van der Waals surface area contributed by atoms with Gasteiger partial charge in [0, 0.05) is 23.7 Å². The summed E-state index contributed by atoms with van der Waals surface area (Å²) in [5.74, 6) is 0.529. The summed E-state index contributed by atoms with van der Waals surface area (Å²) >= 11 is 0. The Bertz CT molecular complexity index is 474. The van der Waals surface area contributed by atoms with Crippen molar-refractivity contribution in [2.24, 2.45) is 11.8 Å². The monoisotopic (exact) mass is 276 g/mol. The van der Waals surface area contributed by atoms with E-state index in [9.17, 15) is 9.18 Å². The molecule has 1 aromatic heterocycles. The van der Waals surface area contributed by atoms with E-state index >= 15 is 0 Å². The fraction of sp³-hybridized carbons (Fsp3) is 0.562. The molecule has 1 aliphatic carbocycles. The number of rotatable bonds is 2. The van der Waals surface area contributed by atoms with Crippen LogP contribution in [0, 0.1) is 29.1 Å². The zero-order valence-corrected chi connectivity index (χ0v) is 12.1. The van der Waals surface area contributed by atoms with E-state index in [0.29, 0.717) is 11.5 Å². The molecule has 0 spiro atoms. The van der Waals surface area contributed by atoms with Crippen LogP contribution in [0.3, 0.4) is 0 Å². The topological polar surface area (TPSA) is 53.8 Å². The third-order valence-corrected chi connectivity index (χ3v) is 3.74. The lowest BCUT2D eigenvalue weighted by Gasteiger charge is -2.22. The number of ketones is 1. The van der Waals surface area contributed by atoms with Gasteiger partial charge in [-0.2, -0.15) is 9.65 Å². The van der Waals surface area contributed by atoms with E-state index < -0.39 is 5.95 Å². The molecular weight excluding hydrogens is 255 g/mol. The summed E-state index contributed by atoms with van der Waals surface area (Å²) in [7, 11) is 0. The van der Waals surface area contributed by atoms with E-state index in [2.05, 4.69) is 18.0 Å². The minimum atomic E-state index is -0.618. The van der Waals surface area contributed by atoms with Crippen molar-refractivity contribution in [3.05, 3.63) is 29.8 Å². The Labute approximate surface area is 119 Å². The van der Waals surface area contributed by atoms with Gasteiger partial charge in [-0.05, 0) is 44.6 Å². The zero-order valence-electron chi connectivity index (χ0n) is 12.1. The minimum absolute atomic E-state index is 0.152. The highest BCUT2D eigenvalue weighted by molar-refractivity contribution is 5.93. The first-order valence-electron chi connectivity index (χ1n) is 7.08. The van der Waals surface area contributed by atoms with Gasteiger partial charge in [-0.25, -0.2) is 4.98 Å². The fourth-order valence-corrected chi connectivity index (χ4v) is 2.32. The van der Waals surface area contributed by atoms with Crippen molar-refractivity contribution < 1.29 is 9.18 Å². The average molecular weight is 276 g/mol. The van der Waals surface area contributed by atoms with E-state index in [1.165, 1.54) is 38.4 Å². The van der Waals surface area contributed by atoms with Gasteiger partial charge in [0.25, 0.3) is 0 Å². The normalized spacial score (nSPS) is 21.3. The highest BCUT2D eigenvalue weighted by Gasteiger charge is 2.18. The maximum atomic E-state index is 12.3. The van der Waals surface area contributed by atoms with Crippen LogP contribution in [-0.4, -0.2) is 10.8 Å². The molecule has 2 rings (SSSR count). The Kier molecular flexibility index (Phi) is 6.86. The quantitative estimate of drug-likeness (QED) is 0.602. The standard InChI is InChI=1S/C9H15N.C7H6FNO/c1-2-8-3-5-9(7-10)6-4-8;1-5(10)6-2-3-9-7(8)4-6/h8-9H,2-6H2,1H3;2-4H,1H3. The second-order valence-corrected chi connectivity index (χ2v) is 5.18. The maximum Gasteiger partial charge on any atom is 0.213 e. The van der Waals surface area contributed by atoms with Crippen molar-refractivity contribution in [2.75, 3.05) is 0 Å². The molecule has 0 bridgehead atoms. The summed E-state index contributed by atoms with van der Waals surface area (Å²) in [5, 5.41) is 8.60. The number of aromatic nitrogens is 1. The predicted molar refractivity (Wildman–Crippen MR) is 75.6 cm³/mol. The van der Waals surface area contributed by atoms with E-state index in [4.69, 9.17) is 5.26 Å². The van der Waals surface area contributed by atoms with Crippen LogP contribution in [0.15, 0.2) is 18.3 Å². The van der Waals surface area contributed by atoms with Gasteiger partial charge in [-0.3, -0.25) is 4.79 Å². The van der Waals surface area contributed by atoms with Crippen LogP contribution in [0.2, 0.25) is 0 Å². The first kappa shape index (κ1) is 16.3. The highest BCUT2D eigenvalue weighted by Crippen LogP contribution is 2.29. The van der Waals surface area contributed by atoms with Gasteiger partial charge in [0.15, 0.2) is 5.78 Å². The molecular formula is C16H21FN2O. The van der Waals surface area contributed by atoms with Crippen molar-refractivity contribution in [1.29, 1.82) is 5.26 Å². The average Bonchev–Trinajstić information content (AvgIpc) is 2.48. The summed E-state index contributed by atoms with van der Waals surface area (Å²) in [6, 6.07) is 4.94. The van der Waals surface area contributed by atoms with Crippen molar-refractivity contribution in [3.8, 4) is 6.07 Å².